The second-order valence-electron chi connectivity index (χ2n) is 5.21. The van der Waals surface area contributed by atoms with Gasteiger partial charge in [0.05, 0.1) is 5.54 Å². The molecule has 0 saturated carbocycles. The molecular weight excluding hydrogens is 292 g/mol. The summed E-state index contributed by atoms with van der Waals surface area (Å²) < 4.78 is 0. The van der Waals surface area contributed by atoms with Gasteiger partial charge in [-0.1, -0.05) is 31.5 Å². The Balaban J connectivity index is 2.66. The summed E-state index contributed by atoms with van der Waals surface area (Å²) in [6, 6.07) is 7.74. The molecule has 2 unspecified atom stereocenters. The largest absolute Gasteiger partial charge is 0.368 e. The molecule has 20 heavy (non-hydrogen) atoms. The lowest BCUT2D eigenvalue weighted by molar-refractivity contribution is -0.124. The molecule has 0 aliphatic carbocycles. The van der Waals surface area contributed by atoms with E-state index in [-0.39, 0.29) is 11.2 Å². The van der Waals surface area contributed by atoms with Crippen LogP contribution in [0.25, 0.3) is 0 Å². The Bertz CT molecular complexity index is 455. The molecule has 3 nitrogen and oxygen atoms in total. The van der Waals surface area contributed by atoms with E-state index in [1.807, 2.05) is 31.2 Å². The lowest BCUT2D eigenvalue weighted by Gasteiger charge is -2.30. The maximum absolute atomic E-state index is 11.7. The van der Waals surface area contributed by atoms with Crippen molar-refractivity contribution in [3.8, 4) is 0 Å². The summed E-state index contributed by atoms with van der Waals surface area (Å²) in [4.78, 5) is 12.8. The lowest BCUT2D eigenvalue weighted by atomic mass is 9.95. The van der Waals surface area contributed by atoms with Crippen molar-refractivity contribution in [3.05, 3.63) is 29.3 Å². The van der Waals surface area contributed by atoms with E-state index in [0.29, 0.717) is 6.42 Å². The monoisotopic (exact) mass is 314 g/mol. The average molecular weight is 315 g/mol. The van der Waals surface area contributed by atoms with Crippen LogP contribution in [0.2, 0.25) is 5.02 Å². The van der Waals surface area contributed by atoms with Gasteiger partial charge in [-0.3, -0.25) is 4.79 Å². The summed E-state index contributed by atoms with van der Waals surface area (Å²) in [5.41, 5.74) is 4.88. The normalized spacial score (nSPS) is 15.6. The molecule has 1 aromatic carbocycles. The van der Waals surface area contributed by atoms with E-state index < -0.39 is 5.54 Å². The van der Waals surface area contributed by atoms with Gasteiger partial charge >= 0.3 is 0 Å². The molecule has 0 aromatic heterocycles. The number of carbonyl (C=O) groups excluding carboxylic acids is 1. The molecular formula is C15H23ClN2OS. The first-order valence-corrected chi connectivity index (χ1v) is 8.10. The number of carbonyl (C=O) groups is 1. The highest BCUT2D eigenvalue weighted by atomic mass is 35.5. The molecule has 0 fully saturated rings. The molecule has 1 aromatic rings. The Morgan fingerprint density at radius 2 is 2.25 bits per heavy atom. The van der Waals surface area contributed by atoms with Gasteiger partial charge in [-0.05, 0) is 44.5 Å². The highest BCUT2D eigenvalue weighted by molar-refractivity contribution is 8.00. The van der Waals surface area contributed by atoms with E-state index in [1.165, 1.54) is 0 Å². The van der Waals surface area contributed by atoms with E-state index in [9.17, 15) is 4.79 Å². The second-order valence-corrected chi connectivity index (χ2v) is 7.16. The first kappa shape index (κ1) is 17.3. The van der Waals surface area contributed by atoms with Crippen LogP contribution in [0.15, 0.2) is 29.2 Å². The molecule has 2 atom stereocenters. The zero-order valence-corrected chi connectivity index (χ0v) is 13.9. The smallest absolute Gasteiger partial charge is 0.237 e. The summed E-state index contributed by atoms with van der Waals surface area (Å²) in [6.07, 6.45) is 1.65. The molecule has 0 spiro atoms. The minimum absolute atomic E-state index is 0.260. The number of rotatable bonds is 8. The summed E-state index contributed by atoms with van der Waals surface area (Å²) in [5, 5.41) is 4.24. The number of primary amides is 1. The number of amides is 1. The van der Waals surface area contributed by atoms with Crippen molar-refractivity contribution >= 4 is 29.3 Å². The molecule has 0 heterocycles. The topological polar surface area (TPSA) is 55.1 Å². The lowest BCUT2D eigenvalue weighted by Crippen LogP contribution is -2.54. The summed E-state index contributed by atoms with van der Waals surface area (Å²) in [5.74, 6) is -0.301. The van der Waals surface area contributed by atoms with E-state index in [2.05, 4.69) is 19.2 Å². The van der Waals surface area contributed by atoms with Crippen molar-refractivity contribution < 1.29 is 4.79 Å². The fourth-order valence-corrected chi connectivity index (χ4v) is 3.54. The number of halogens is 1. The molecule has 3 N–H and O–H groups in total. The number of nitrogens with one attached hydrogen (secondary N) is 1. The molecule has 0 saturated heterocycles. The van der Waals surface area contributed by atoms with Crippen LogP contribution in [-0.2, 0) is 4.79 Å². The van der Waals surface area contributed by atoms with Gasteiger partial charge in [-0.2, -0.15) is 0 Å². The highest BCUT2D eigenvalue weighted by Gasteiger charge is 2.32. The first-order valence-electron chi connectivity index (χ1n) is 6.84. The third kappa shape index (κ3) is 5.35. The van der Waals surface area contributed by atoms with E-state index in [1.54, 1.807) is 11.8 Å². The summed E-state index contributed by atoms with van der Waals surface area (Å²) in [7, 11) is 0. The Morgan fingerprint density at radius 3 is 2.80 bits per heavy atom. The maximum Gasteiger partial charge on any atom is 0.237 e. The third-order valence-electron chi connectivity index (χ3n) is 3.14. The number of hydrogen-bond acceptors (Lipinski definition) is 3. The van der Waals surface area contributed by atoms with Crippen LogP contribution in [0.3, 0.4) is 0 Å². The fourth-order valence-electron chi connectivity index (χ4n) is 2.05. The fraction of sp³-hybridized carbons (Fsp3) is 0.533. The van der Waals surface area contributed by atoms with Crippen LogP contribution < -0.4 is 11.1 Å². The van der Waals surface area contributed by atoms with Crippen molar-refractivity contribution in [2.24, 2.45) is 5.73 Å². The predicted molar refractivity (Wildman–Crippen MR) is 87.3 cm³/mol. The standard InChI is InChI=1S/C15H23ClN2OS/c1-4-8-18-15(3,14(17)19)10-11(2)20-13-7-5-6-12(16)9-13/h5-7,9,11,18H,4,8,10H2,1-3H3,(H2,17,19). The van der Waals surface area contributed by atoms with Crippen molar-refractivity contribution in [2.45, 2.75) is 49.3 Å². The summed E-state index contributed by atoms with van der Waals surface area (Å²) >= 11 is 7.68. The number of nitrogens with two attached hydrogens (primary N) is 1. The van der Waals surface area contributed by atoms with Crippen LogP contribution in [0.5, 0.6) is 0 Å². The molecule has 5 heteroatoms. The minimum atomic E-state index is -0.666. The predicted octanol–water partition coefficient (Wildman–Crippen LogP) is 3.45. The Kier molecular flexibility index (Phi) is 6.86. The van der Waals surface area contributed by atoms with Crippen molar-refractivity contribution in [3.63, 3.8) is 0 Å². The molecule has 0 aliphatic rings. The Morgan fingerprint density at radius 1 is 1.55 bits per heavy atom. The second kappa shape index (κ2) is 7.91. The van der Waals surface area contributed by atoms with Gasteiger partial charge in [-0.25, -0.2) is 0 Å². The van der Waals surface area contributed by atoms with Crippen LogP contribution in [0.1, 0.15) is 33.6 Å². The van der Waals surface area contributed by atoms with Gasteiger partial charge < -0.3 is 11.1 Å². The molecule has 1 amide bonds. The van der Waals surface area contributed by atoms with Gasteiger partial charge in [0.1, 0.15) is 0 Å². The van der Waals surface area contributed by atoms with Crippen molar-refractivity contribution in [1.29, 1.82) is 0 Å². The van der Waals surface area contributed by atoms with Gasteiger partial charge in [-0.15, -0.1) is 11.8 Å². The van der Waals surface area contributed by atoms with Gasteiger partial charge in [0.25, 0.3) is 0 Å². The van der Waals surface area contributed by atoms with Crippen LogP contribution >= 0.6 is 23.4 Å². The Labute approximate surface area is 130 Å². The van der Waals surface area contributed by atoms with Gasteiger partial charge in [0.15, 0.2) is 0 Å². The molecule has 1 rings (SSSR count). The van der Waals surface area contributed by atoms with Crippen molar-refractivity contribution in [1.82, 2.24) is 5.32 Å². The molecule has 0 radical (unpaired) electrons. The SMILES string of the molecule is CCCNC(C)(CC(C)Sc1cccc(Cl)c1)C(N)=O. The van der Waals surface area contributed by atoms with Gasteiger partial charge in [0.2, 0.25) is 5.91 Å². The third-order valence-corrected chi connectivity index (χ3v) is 4.47. The average Bonchev–Trinajstić information content (AvgIpc) is 2.36. The number of hydrogen-bond donors (Lipinski definition) is 2. The van der Waals surface area contributed by atoms with E-state index >= 15 is 0 Å². The van der Waals surface area contributed by atoms with E-state index in [0.717, 1.165) is 22.9 Å². The van der Waals surface area contributed by atoms with Crippen LogP contribution in [-0.4, -0.2) is 23.2 Å². The molecule has 112 valence electrons. The molecule has 0 aliphatic heterocycles. The number of benzene rings is 1. The highest BCUT2D eigenvalue weighted by Crippen LogP contribution is 2.30. The van der Waals surface area contributed by atoms with Crippen molar-refractivity contribution in [2.75, 3.05) is 6.54 Å². The summed E-state index contributed by atoms with van der Waals surface area (Å²) in [6.45, 7) is 6.83. The maximum atomic E-state index is 11.7. The van der Waals surface area contributed by atoms with Crippen LogP contribution in [0, 0.1) is 0 Å². The Hall–Kier alpha value is -0.710. The number of thioether (sulfide) groups is 1. The quantitative estimate of drug-likeness (QED) is 0.723. The van der Waals surface area contributed by atoms with E-state index in [4.69, 9.17) is 17.3 Å². The molecule has 0 bridgehead atoms. The van der Waals surface area contributed by atoms with Gasteiger partial charge in [0, 0.05) is 15.2 Å². The zero-order valence-electron chi connectivity index (χ0n) is 12.3. The minimum Gasteiger partial charge on any atom is -0.368 e. The van der Waals surface area contributed by atoms with Crippen LogP contribution in [0.4, 0.5) is 0 Å². The first-order chi connectivity index (χ1) is 9.37. The zero-order chi connectivity index (χ0) is 15.2.